The van der Waals surface area contributed by atoms with Gasteiger partial charge in [-0.1, -0.05) is 26.0 Å². The molecule has 1 rings (SSSR count). The van der Waals surface area contributed by atoms with E-state index >= 15 is 0 Å². The Kier molecular flexibility index (Phi) is 9.85. The lowest BCUT2D eigenvalue weighted by Gasteiger charge is -2.26. The predicted octanol–water partition coefficient (Wildman–Crippen LogP) is 4.42. The van der Waals surface area contributed by atoms with Crippen LogP contribution < -0.4 is 0 Å². The number of thioether (sulfide) groups is 1. The van der Waals surface area contributed by atoms with Crippen LogP contribution in [0.1, 0.15) is 33.6 Å². The average Bonchev–Trinajstić information content (AvgIpc) is 2.64. The predicted molar refractivity (Wildman–Crippen MR) is 112 cm³/mol. The van der Waals surface area contributed by atoms with Gasteiger partial charge in [-0.2, -0.15) is 4.99 Å². The molecule has 0 atom stereocenters. The highest BCUT2D eigenvalue weighted by Crippen LogP contribution is 2.23. The van der Waals surface area contributed by atoms with Crippen LogP contribution in [0.3, 0.4) is 0 Å². The Balaban J connectivity index is 3.26. The highest BCUT2D eigenvalue weighted by atomic mass is 32.2. The normalized spacial score (nSPS) is 18.7. The zero-order chi connectivity index (χ0) is 18.7. The van der Waals surface area contributed by atoms with Gasteiger partial charge in [-0.25, -0.2) is 0 Å². The molecular weight excluding hydrogens is 330 g/mol. The van der Waals surface area contributed by atoms with Crippen molar-refractivity contribution in [2.24, 2.45) is 9.98 Å². The highest BCUT2D eigenvalue weighted by molar-refractivity contribution is 8.03. The maximum Gasteiger partial charge on any atom is 0.234 e. The fraction of sp³-hybridized carbons (Fsp3) is 0.450. The third kappa shape index (κ3) is 6.16. The third-order valence-electron chi connectivity index (χ3n) is 3.80. The molecule has 0 spiro atoms. The van der Waals surface area contributed by atoms with Gasteiger partial charge in [-0.15, -0.1) is 11.8 Å². The lowest BCUT2D eigenvalue weighted by atomic mass is 9.99. The summed E-state index contributed by atoms with van der Waals surface area (Å²) in [6.07, 6.45) is 15.0. The first-order valence-corrected chi connectivity index (χ1v) is 9.93. The molecule has 5 heteroatoms. The van der Waals surface area contributed by atoms with Crippen LogP contribution in [0.25, 0.3) is 0 Å². The van der Waals surface area contributed by atoms with Crippen LogP contribution in [0.4, 0.5) is 0 Å². The first-order valence-electron chi connectivity index (χ1n) is 8.70. The Labute approximate surface area is 156 Å². The molecule has 0 bridgehead atoms. The molecule has 0 aromatic carbocycles. The standard InChI is InChI=1S/C20H29N3OS/c1-6-11-23(12-7-2)20(22-15-24)19(25-5)14-16-9-10-18(21-4)17(8-3)13-16/h8-10,13-15H,6-7,11-12H2,1-5H3/b17-8-,19-14-,21-18?,22-20?. The van der Waals surface area contributed by atoms with Crippen molar-refractivity contribution >= 4 is 29.7 Å². The smallest absolute Gasteiger partial charge is 0.234 e. The van der Waals surface area contributed by atoms with Gasteiger partial charge in [0.15, 0.2) is 0 Å². The Bertz CT molecular complexity index is 633. The summed E-state index contributed by atoms with van der Waals surface area (Å²) in [5.41, 5.74) is 3.16. The Morgan fingerprint density at radius 2 is 1.92 bits per heavy atom. The molecule has 0 saturated carbocycles. The Hall–Kier alpha value is -1.88. The molecule has 4 nitrogen and oxygen atoms in total. The average molecular weight is 360 g/mol. The van der Waals surface area contributed by atoms with Crippen molar-refractivity contribution in [2.45, 2.75) is 33.6 Å². The number of nitrogens with zero attached hydrogens (tertiary/aromatic N) is 3. The van der Waals surface area contributed by atoms with E-state index in [4.69, 9.17) is 0 Å². The van der Waals surface area contributed by atoms with Gasteiger partial charge in [0, 0.05) is 20.1 Å². The number of hydrogen-bond donors (Lipinski definition) is 0. The number of amides is 1. The Morgan fingerprint density at radius 3 is 2.40 bits per heavy atom. The molecule has 0 aromatic rings. The van der Waals surface area contributed by atoms with Crippen molar-refractivity contribution in [2.75, 3.05) is 26.4 Å². The van der Waals surface area contributed by atoms with E-state index in [0.29, 0.717) is 6.41 Å². The van der Waals surface area contributed by atoms with Gasteiger partial charge in [0.2, 0.25) is 6.41 Å². The number of aliphatic imine (C=N–C) groups is 2. The molecule has 136 valence electrons. The van der Waals surface area contributed by atoms with Crippen molar-refractivity contribution in [1.29, 1.82) is 0 Å². The molecule has 1 aliphatic rings. The van der Waals surface area contributed by atoms with E-state index in [-0.39, 0.29) is 0 Å². The number of rotatable bonds is 8. The monoisotopic (exact) mass is 359 g/mol. The second-order valence-corrected chi connectivity index (χ2v) is 6.44. The fourth-order valence-electron chi connectivity index (χ4n) is 2.68. The molecule has 0 unspecified atom stereocenters. The molecule has 0 N–H and O–H groups in total. The largest absolute Gasteiger partial charge is 0.356 e. The summed E-state index contributed by atoms with van der Waals surface area (Å²) < 4.78 is 0. The van der Waals surface area contributed by atoms with Crippen LogP contribution in [0.5, 0.6) is 0 Å². The molecule has 25 heavy (non-hydrogen) atoms. The van der Waals surface area contributed by atoms with E-state index < -0.39 is 0 Å². The van der Waals surface area contributed by atoms with Gasteiger partial charge in [-0.3, -0.25) is 9.79 Å². The van der Waals surface area contributed by atoms with Crippen LogP contribution in [0.2, 0.25) is 0 Å². The van der Waals surface area contributed by atoms with Crippen molar-refractivity contribution in [3.05, 3.63) is 46.4 Å². The van der Waals surface area contributed by atoms with Gasteiger partial charge in [0.05, 0.1) is 10.6 Å². The highest BCUT2D eigenvalue weighted by Gasteiger charge is 2.15. The zero-order valence-corrected chi connectivity index (χ0v) is 16.8. The van der Waals surface area contributed by atoms with Crippen molar-refractivity contribution in [3.63, 3.8) is 0 Å². The van der Waals surface area contributed by atoms with Crippen molar-refractivity contribution in [3.8, 4) is 0 Å². The number of carbonyl (C=O) groups excluding carboxylic acids is 1. The topological polar surface area (TPSA) is 45.0 Å². The SMILES string of the molecule is C/C=C1C=C(/C=C(\SC)C(=NC=O)N(CCC)CCC)C=CC/1=NC. The summed E-state index contributed by atoms with van der Waals surface area (Å²) in [5.74, 6) is 0.762. The quantitative estimate of drug-likeness (QED) is 0.366. The molecule has 1 amide bonds. The summed E-state index contributed by atoms with van der Waals surface area (Å²) in [7, 11) is 1.80. The first kappa shape index (κ1) is 21.2. The summed E-state index contributed by atoms with van der Waals surface area (Å²) in [4.78, 5) is 22.7. The van der Waals surface area contributed by atoms with E-state index in [9.17, 15) is 4.79 Å². The van der Waals surface area contributed by atoms with E-state index in [1.165, 1.54) is 0 Å². The number of amidine groups is 1. The minimum atomic E-state index is 0.641. The number of allylic oxidation sites excluding steroid dienone is 7. The molecule has 0 aromatic heterocycles. The van der Waals surface area contributed by atoms with Crippen LogP contribution in [-0.4, -0.2) is 49.3 Å². The molecule has 1 aliphatic carbocycles. The van der Waals surface area contributed by atoms with Gasteiger partial charge < -0.3 is 4.90 Å². The summed E-state index contributed by atoms with van der Waals surface area (Å²) >= 11 is 1.61. The third-order valence-corrected chi connectivity index (χ3v) is 4.54. The second kappa shape index (κ2) is 11.6. The van der Waals surface area contributed by atoms with Crippen molar-refractivity contribution < 1.29 is 4.79 Å². The Morgan fingerprint density at radius 1 is 1.24 bits per heavy atom. The van der Waals surface area contributed by atoms with Gasteiger partial charge in [-0.05, 0) is 55.4 Å². The van der Waals surface area contributed by atoms with E-state index in [0.717, 1.165) is 53.5 Å². The van der Waals surface area contributed by atoms with Gasteiger partial charge in [0.1, 0.15) is 5.84 Å². The second-order valence-electron chi connectivity index (χ2n) is 5.59. The van der Waals surface area contributed by atoms with Crippen LogP contribution in [0.15, 0.2) is 56.4 Å². The fourth-order valence-corrected chi connectivity index (χ4v) is 3.30. The molecule has 0 saturated heterocycles. The summed E-state index contributed by atoms with van der Waals surface area (Å²) in [5, 5.41) is 0. The van der Waals surface area contributed by atoms with E-state index in [1.807, 2.05) is 25.3 Å². The maximum atomic E-state index is 11.1. The van der Waals surface area contributed by atoms with Crippen LogP contribution in [-0.2, 0) is 4.79 Å². The maximum absolute atomic E-state index is 11.1. The summed E-state index contributed by atoms with van der Waals surface area (Å²) in [6, 6.07) is 0. The van der Waals surface area contributed by atoms with Crippen molar-refractivity contribution in [1.82, 2.24) is 4.90 Å². The molecule has 0 aliphatic heterocycles. The number of carbonyl (C=O) groups is 1. The van der Waals surface area contributed by atoms with Crippen LogP contribution in [0, 0.1) is 0 Å². The van der Waals surface area contributed by atoms with Crippen LogP contribution >= 0.6 is 11.8 Å². The minimum Gasteiger partial charge on any atom is -0.356 e. The first-order chi connectivity index (χ1) is 12.1. The number of hydrogen-bond acceptors (Lipinski definition) is 3. The molecule has 0 heterocycles. The van der Waals surface area contributed by atoms with E-state index in [1.54, 1.807) is 18.8 Å². The minimum absolute atomic E-state index is 0.641. The zero-order valence-electron chi connectivity index (χ0n) is 16.0. The molecular formula is C20H29N3OS. The lowest BCUT2D eigenvalue weighted by Crippen LogP contribution is -2.33. The lowest BCUT2D eigenvalue weighted by molar-refractivity contribution is -0.106. The summed E-state index contributed by atoms with van der Waals surface area (Å²) in [6.45, 7) is 8.07. The van der Waals surface area contributed by atoms with E-state index in [2.05, 4.69) is 47.0 Å². The molecule has 0 radical (unpaired) electrons. The van der Waals surface area contributed by atoms with Gasteiger partial charge >= 0.3 is 0 Å². The molecule has 0 fully saturated rings. The van der Waals surface area contributed by atoms with Gasteiger partial charge in [0.25, 0.3) is 0 Å².